The molecule has 21 heavy (non-hydrogen) atoms. The summed E-state index contributed by atoms with van der Waals surface area (Å²) < 4.78 is 0.890. The minimum absolute atomic E-state index is 0.0517. The van der Waals surface area contributed by atoms with E-state index >= 15 is 0 Å². The van der Waals surface area contributed by atoms with Gasteiger partial charge in [0.25, 0.3) is 0 Å². The van der Waals surface area contributed by atoms with Crippen molar-refractivity contribution in [3.8, 4) is 0 Å². The van der Waals surface area contributed by atoms with E-state index in [2.05, 4.69) is 15.9 Å². The molecule has 0 bridgehead atoms. The van der Waals surface area contributed by atoms with Crippen molar-refractivity contribution in [2.75, 3.05) is 13.6 Å². The number of rotatable bonds is 3. The first-order chi connectivity index (χ1) is 9.90. The number of hydrogen-bond acceptors (Lipinski definition) is 3. The lowest BCUT2D eigenvalue weighted by atomic mass is 10.2. The number of carbonyl (C=O) groups is 2. The Labute approximate surface area is 131 Å². The molecule has 1 aliphatic heterocycles. The first-order valence-corrected chi connectivity index (χ1v) is 7.35. The van der Waals surface area contributed by atoms with Gasteiger partial charge in [-0.05, 0) is 11.6 Å². The normalized spacial score (nSPS) is 21.4. The first kappa shape index (κ1) is 15.8. The summed E-state index contributed by atoms with van der Waals surface area (Å²) in [6.45, 7) is 0.412. The maximum Gasteiger partial charge on any atom is 0.326 e. The van der Waals surface area contributed by atoms with Gasteiger partial charge in [-0.15, -0.1) is 0 Å². The Hall–Kier alpha value is -1.60. The maximum atomic E-state index is 12.4. The van der Waals surface area contributed by atoms with Crippen molar-refractivity contribution in [1.82, 2.24) is 9.80 Å². The molecule has 1 aromatic rings. The summed E-state index contributed by atoms with van der Waals surface area (Å²) in [5, 5.41) is 18.7. The zero-order valence-electron chi connectivity index (χ0n) is 11.6. The van der Waals surface area contributed by atoms with E-state index in [9.17, 15) is 14.7 Å². The Morgan fingerprint density at radius 2 is 2.10 bits per heavy atom. The highest BCUT2D eigenvalue weighted by Crippen LogP contribution is 2.22. The molecule has 1 saturated heterocycles. The Kier molecular flexibility index (Phi) is 4.84. The number of urea groups is 1. The van der Waals surface area contributed by atoms with Crippen LogP contribution in [0.15, 0.2) is 28.7 Å². The third kappa shape index (κ3) is 3.54. The van der Waals surface area contributed by atoms with E-state index in [4.69, 9.17) is 5.11 Å². The van der Waals surface area contributed by atoms with Gasteiger partial charge in [0.1, 0.15) is 6.04 Å². The number of benzene rings is 1. The lowest BCUT2D eigenvalue weighted by Gasteiger charge is -2.27. The molecule has 2 atom stereocenters. The quantitative estimate of drug-likeness (QED) is 0.860. The Bertz CT molecular complexity index is 552. The molecule has 0 unspecified atom stereocenters. The number of hydrogen-bond donors (Lipinski definition) is 2. The monoisotopic (exact) mass is 356 g/mol. The number of amides is 2. The molecule has 1 fully saturated rings. The van der Waals surface area contributed by atoms with Crippen LogP contribution in [0.4, 0.5) is 4.79 Å². The third-order valence-corrected chi connectivity index (χ3v) is 4.28. The summed E-state index contributed by atoms with van der Waals surface area (Å²) in [5.41, 5.74) is 0.931. The van der Waals surface area contributed by atoms with Crippen LogP contribution in [0.3, 0.4) is 0 Å². The van der Waals surface area contributed by atoms with E-state index in [1.54, 1.807) is 7.05 Å². The minimum atomic E-state index is -1.09. The van der Waals surface area contributed by atoms with Crippen LogP contribution < -0.4 is 0 Å². The first-order valence-electron chi connectivity index (χ1n) is 6.56. The van der Waals surface area contributed by atoms with Crippen molar-refractivity contribution in [2.24, 2.45) is 0 Å². The van der Waals surface area contributed by atoms with Crippen molar-refractivity contribution in [3.63, 3.8) is 0 Å². The van der Waals surface area contributed by atoms with Crippen molar-refractivity contribution in [2.45, 2.75) is 25.1 Å². The number of aliphatic carboxylic acids is 1. The Morgan fingerprint density at radius 1 is 1.43 bits per heavy atom. The molecule has 2 amide bonds. The van der Waals surface area contributed by atoms with Crippen LogP contribution in [0.2, 0.25) is 0 Å². The number of carboxylic acid groups (broad SMARTS) is 1. The van der Waals surface area contributed by atoms with Gasteiger partial charge in [-0.3, -0.25) is 0 Å². The topological polar surface area (TPSA) is 81.1 Å². The number of halogens is 1. The molecule has 114 valence electrons. The van der Waals surface area contributed by atoms with Gasteiger partial charge in [-0.1, -0.05) is 34.1 Å². The highest BCUT2D eigenvalue weighted by Gasteiger charge is 2.40. The fourth-order valence-electron chi connectivity index (χ4n) is 2.43. The number of carbonyl (C=O) groups excluding carboxylic acids is 1. The predicted octanol–water partition coefficient (Wildman–Crippen LogP) is 1.52. The fraction of sp³-hybridized carbons (Fsp3) is 0.429. The van der Waals surface area contributed by atoms with Crippen LogP contribution in [0, 0.1) is 0 Å². The van der Waals surface area contributed by atoms with Gasteiger partial charge in [-0.25, -0.2) is 9.59 Å². The Morgan fingerprint density at radius 3 is 2.71 bits per heavy atom. The molecule has 2 rings (SSSR count). The number of aliphatic hydroxyl groups excluding tert-OH is 1. The SMILES string of the molecule is CN(Cc1ccccc1Br)C(=O)N1C[C@H](O)C[C@H]1C(=O)O. The summed E-state index contributed by atoms with van der Waals surface area (Å²) in [7, 11) is 1.62. The van der Waals surface area contributed by atoms with Crippen molar-refractivity contribution in [3.05, 3.63) is 34.3 Å². The summed E-state index contributed by atoms with van der Waals surface area (Å²) >= 11 is 3.42. The molecule has 0 aliphatic carbocycles. The van der Waals surface area contributed by atoms with Gasteiger partial charge in [0.2, 0.25) is 0 Å². The number of likely N-dealkylation sites (tertiary alicyclic amines) is 1. The summed E-state index contributed by atoms with van der Waals surface area (Å²) in [4.78, 5) is 26.2. The standard InChI is InChI=1S/C14H17BrN2O4/c1-16(7-9-4-2-3-5-11(9)15)14(21)17-8-10(18)6-12(17)13(19)20/h2-5,10,12,18H,6-8H2,1H3,(H,19,20)/t10-,12+/m1/s1. The molecule has 1 aromatic carbocycles. The summed E-state index contributed by atoms with van der Waals surface area (Å²) in [6, 6.07) is 6.17. The van der Waals surface area contributed by atoms with Gasteiger partial charge < -0.3 is 20.0 Å². The lowest BCUT2D eigenvalue weighted by molar-refractivity contribution is -0.141. The van der Waals surface area contributed by atoms with Crippen LogP contribution in [-0.4, -0.2) is 57.8 Å². The van der Waals surface area contributed by atoms with E-state index < -0.39 is 24.1 Å². The third-order valence-electron chi connectivity index (χ3n) is 3.50. The van der Waals surface area contributed by atoms with Gasteiger partial charge in [-0.2, -0.15) is 0 Å². The lowest BCUT2D eigenvalue weighted by Crippen LogP contribution is -2.46. The van der Waals surface area contributed by atoms with Gasteiger partial charge in [0.05, 0.1) is 6.10 Å². The molecular weight excluding hydrogens is 340 g/mol. The second-order valence-corrected chi connectivity index (χ2v) is 5.98. The summed E-state index contributed by atoms with van der Waals surface area (Å²) in [5.74, 6) is -1.09. The van der Waals surface area contributed by atoms with E-state index in [1.165, 1.54) is 9.80 Å². The number of nitrogens with zero attached hydrogens (tertiary/aromatic N) is 2. The highest BCUT2D eigenvalue weighted by molar-refractivity contribution is 9.10. The van der Waals surface area contributed by atoms with Crippen LogP contribution in [0.5, 0.6) is 0 Å². The van der Waals surface area contributed by atoms with E-state index in [1.807, 2.05) is 24.3 Å². The number of carboxylic acids is 1. The average molecular weight is 357 g/mol. The summed E-state index contributed by atoms with van der Waals surface area (Å²) in [6.07, 6.45) is -0.712. The molecular formula is C14H17BrN2O4. The highest BCUT2D eigenvalue weighted by atomic mass is 79.9. The van der Waals surface area contributed by atoms with E-state index in [-0.39, 0.29) is 13.0 Å². The molecule has 0 aromatic heterocycles. The van der Waals surface area contributed by atoms with Crippen LogP contribution in [0.25, 0.3) is 0 Å². The number of aliphatic hydroxyl groups is 1. The largest absolute Gasteiger partial charge is 0.480 e. The van der Waals surface area contributed by atoms with E-state index in [0.29, 0.717) is 6.54 Å². The van der Waals surface area contributed by atoms with Gasteiger partial charge in [0, 0.05) is 31.0 Å². The smallest absolute Gasteiger partial charge is 0.326 e. The zero-order valence-corrected chi connectivity index (χ0v) is 13.2. The van der Waals surface area contributed by atoms with Crippen LogP contribution in [0.1, 0.15) is 12.0 Å². The predicted molar refractivity (Wildman–Crippen MR) is 79.8 cm³/mol. The second-order valence-electron chi connectivity index (χ2n) is 5.13. The van der Waals surface area contributed by atoms with Crippen molar-refractivity contribution < 1.29 is 19.8 Å². The molecule has 0 spiro atoms. The van der Waals surface area contributed by atoms with Crippen LogP contribution in [-0.2, 0) is 11.3 Å². The minimum Gasteiger partial charge on any atom is -0.480 e. The maximum absolute atomic E-state index is 12.4. The molecule has 6 nitrogen and oxygen atoms in total. The van der Waals surface area contributed by atoms with Crippen LogP contribution >= 0.6 is 15.9 Å². The molecule has 7 heteroatoms. The Balaban J connectivity index is 2.08. The number of β-amino-alcohol motifs (C(OH)–C–C–N with tert-alkyl or cyclic N) is 1. The second kappa shape index (κ2) is 6.44. The van der Waals surface area contributed by atoms with Crippen molar-refractivity contribution >= 4 is 27.9 Å². The molecule has 1 heterocycles. The molecule has 0 radical (unpaired) electrons. The molecule has 1 aliphatic rings. The zero-order chi connectivity index (χ0) is 15.6. The molecule has 2 N–H and O–H groups in total. The van der Waals surface area contributed by atoms with E-state index in [0.717, 1.165) is 10.0 Å². The fourth-order valence-corrected chi connectivity index (χ4v) is 2.84. The van der Waals surface area contributed by atoms with Gasteiger partial charge in [0.15, 0.2) is 0 Å². The molecule has 0 saturated carbocycles. The van der Waals surface area contributed by atoms with Crippen molar-refractivity contribution in [1.29, 1.82) is 0 Å². The van der Waals surface area contributed by atoms with Gasteiger partial charge >= 0.3 is 12.0 Å². The average Bonchev–Trinajstić information content (AvgIpc) is 2.82.